The Morgan fingerprint density at radius 1 is 1.00 bits per heavy atom. The van der Waals surface area contributed by atoms with E-state index in [-0.39, 0.29) is 6.79 Å². The van der Waals surface area contributed by atoms with Gasteiger partial charge in [-0.3, -0.25) is 0 Å². The van der Waals surface area contributed by atoms with E-state index in [1.54, 1.807) is 49.6 Å². The van der Waals surface area contributed by atoms with Gasteiger partial charge in [-0.25, -0.2) is 4.79 Å². The van der Waals surface area contributed by atoms with Crippen LogP contribution in [0.25, 0.3) is 5.57 Å². The van der Waals surface area contributed by atoms with Crippen molar-refractivity contribution in [1.82, 2.24) is 0 Å². The first-order valence-electron chi connectivity index (χ1n) is 9.96. The lowest BCUT2D eigenvalue weighted by atomic mass is 9.88. The summed E-state index contributed by atoms with van der Waals surface area (Å²) in [7, 11) is 1.57. The second kappa shape index (κ2) is 8.00. The molecule has 0 spiro atoms. The molecule has 6 nitrogen and oxygen atoms in total. The van der Waals surface area contributed by atoms with Crippen LogP contribution in [-0.2, 0) is 21.7 Å². The molecule has 2 aliphatic heterocycles. The molecule has 0 bridgehead atoms. The molecule has 1 atom stereocenters. The third-order valence-corrected chi connectivity index (χ3v) is 6.12. The number of aliphatic hydroxyl groups is 1. The molecule has 0 aromatic heterocycles. The molecular formula is C25H19BrO6. The van der Waals surface area contributed by atoms with Crippen molar-refractivity contribution in [1.29, 1.82) is 0 Å². The number of fused-ring (bicyclic) bond motifs is 1. The predicted molar refractivity (Wildman–Crippen MR) is 120 cm³/mol. The molecule has 0 fully saturated rings. The van der Waals surface area contributed by atoms with Crippen molar-refractivity contribution >= 4 is 27.5 Å². The van der Waals surface area contributed by atoms with E-state index in [1.807, 2.05) is 24.3 Å². The first-order valence-corrected chi connectivity index (χ1v) is 10.8. The number of benzene rings is 3. The Bertz CT molecular complexity index is 1220. The van der Waals surface area contributed by atoms with Gasteiger partial charge in [0, 0.05) is 22.0 Å². The van der Waals surface area contributed by atoms with Crippen LogP contribution in [0.2, 0.25) is 0 Å². The van der Waals surface area contributed by atoms with Crippen molar-refractivity contribution < 1.29 is 28.8 Å². The standard InChI is InChI=1S/C25H19BrO6/c1-29-19-9-5-17(6-10-19)25(28)20(12-15-2-7-18(26)8-3-15)23(24(27)32-25)16-4-11-21-22(13-16)31-14-30-21/h2-11,13,28H,12,14H2,1H3. The van der Waals surface area contributed by atoms with Crippen LogP contribution in [0, 0.1) is 0 Å². The molecule has 3 aromatic carbocycles. The number of hydrogen-bond acceptors (Lipinski definition) is 6. The van der Waals surface area contributed by atoms with Crippen LogP contribution in [0.3, 0.4) is 0 Å². The van der Waals surface area contributed by atoms with Crippen LogP contribution >= 0.6 is 15.9 Å². The van der Waals surface area contributed by atoms with E-state index in [1.165, 1.54) is 0 Å². The summed E-state index contributed by atoms with van der Waals surface area (Å²) < 4.78 is 22.7. The average Bonchev–Trinajstić information content (AvgIpc) is 3.37. The Balaban J connectivity index is 1.66. The van der Waals surface area contributed by atoms with E-state index < -0.39 is 11.8 Å². The molecule has 0 radical (unpaired) electrons. The van der Waals surface area contributed by atoms with Gasteiger partial charge < -0.3 is 24.1 Å². The topological polar surface area (TPSA) is 74.2 Å². The van der Waals surface area contributed by atoms with Crippen molar-refractivity contribution in [2.45, 2.75) is 12.2 Å². The minimum Gasteiger partial charge on any atom is -0.497 e. The normalized spacial score (nSPS) is 19.3. The van der Waals surface area contributed by atoms with Crippen LogP contribution in [0.15, 0.2) is 76.8 Å². The Labute approximate surface area is 193 Å². The molecule has 3 aromatic rings. The quantitative estimate of drug-likeness (QED) is 0.523. The third-order valence-electron chi connectivity index (χ3n) is 5.59. The fraction of sp³-hybridized carbons (Fsp3) is 0.160. The van der Waals surface area contributed by atoms with Gasteiger partial charge in [-0.1, -0.05) is 34.1 Å². The molecule has 0 saturated heterocycles. The summed E-state index contributed by atoms with van der Waals surface area (Å²) in [4.78, 5) is 13.1. The SMILES string of the molecule is COc1ccc(C2(O)OC(=O)C(c3ccc4c(c3)OCO4)=C2Cc2ccc(Br)cc2)cc1. The zero-order valence-electron chi connectivity index (χ0n) is 17.1. The summed E-state index contributed by atoms with van der Waals surface area (Å²) in [5.41, 5.74) is 2.72. The summed E-state index contributed by atoms with van der Waals surface area (Å²) in [6.45, 7) is 0.129. The first kappa shape index (κ1) is 20.6. The third kappa shape index (κ3) is 3.53. The predicted octanol–water partition coefficient (Wildman–Crippen LogP) is 4.58. The average molecular weight is 495 g/mol. The molecule has 2 heterocycles. The number of rotatable bonds is 5. The number of halogens is 1. The van der Waals surface area contributed by atoms with Crippen molar-refractivity contribution in [3.05, 3.63) is 93.5 Å². The van der Waals surface area contributed by atoms with E-state index in [0.29, 0.717) is 45.9 Å². The van der Waals surface area contributed by atoms with Gasteiger partial charge in [0.15, 0.2) is 11.5 Å². The van der Waals surface area contributed by atoms with E-state index in [2.05, 4.69) is 15.9 Å². The van der Waals surface area contributed by atoms with Gasteiger partial charge in [0.1, 0.15) is 5.75 Å². The van der Waals surface area contributed by atoms with E-state index in [4.69, 9.17) is 18.9 Å². The lowest BCUT2D eigenvalue weighted by molar-refractivity contribution is -0.185. The van der Waals surface area contributed by atoms with Crippen molar-refractivity contribution in [2.75, 3.05) is 13.9 Å². The van der Waals surface area contributed by atoms with Gasteiger partial charge in [0.05, 0.1) is 12.7 Å². The molecule has 1 N–H and O–H groups in total. The summed E-state index contributed by atoms with van der Waals surface area (Å²) in [6, 6.07) is 19.8. The Morgan fingerprint density at radius 2 is 1.72 bits per heavy atom. The maximum atomic E-state index is 13.1. The second-order valence-electron chi connectivity index (χ2n) is 7.49. The maximum Gasteiger partial charge on any atom is 0.342 e. The van der Waals surface area contributed by atoms with Gasteiger partial charge in [-0.15, -0.1) is 0 Å². The fourth-order valence-corrected chi connectivity index (χ4v) is 4.21. The van der Waals surface area contributed by atoms with Crippen LogP contribution in [0.1, 0.15) is 16.7 Å². The number of carbonyl (C=O) groups is 1. The second-order valence-corrected chi connectivity index (χ2v) is 8.40. The zero-order valence-corrected chi connectivity index (χ0v) is 18.7. The highest BCUT2D eigenvalue weighted by Crippen LogP contribution is 2.46. The monoisotopic (exact) mass is 494 g/mol. The van der Waals surface area contributed by atoms with Crippen molar-refractivity contribution in [3.8, 4) is 17.2 Å². The molecule has 0 amide bonds. The lowest BCUT2D eigenvalue weighted by Crippen LogP contribution is -2.29. The highest BCUT2D eigenvalue weighted by Gasteiger charge is 2.48. The van der Waals surface area contributed by atoms with Crippen LogP contribution in [0.4, 0.5) is 0 Å². The van der Waals surface area contributed by atoms with Gasteiger partial charge in [-0.2, -0.15) is 0 Å². The summed E-state index contributed by atoms with van der Waals surface area (Å²) in [5.74, 6) is -0.723. The molecule has 2 aliphatic rings. The summed E-state index contributed by atoms with van der Waals surface area (Å²) >= 11 is 3.44. The molecular weight excluding hydrogens is 476 g/mol. The molecule has 7 heteroatoms. The molecule has 0 saturated carbocycles. The molecule has 1 unspecified atom stereocenters. The summed E-state index contributed by atoms with van der Waals surface area (Å²) in [5, 5.41) is 11.7. The van der Waals surface area contributed by atoms with Crippen molar-refractivity contribution in [2.24, 2.45) is 0 Å². The summed E-state index contributed by atoms with van der Waals surface area (Å²) in [6.07, 6.45) is 0.311. The molecule has 5 rings (SSSR count). The molecule has 32 heavy (non-hydrogen) atoms. The first-order chi connectivity index (χ1) is 15.5. The fourth-order valence-electron chi connectivity index (χ4n) is 3.95. The zero-order chi connectivity index (χ0) is 22.3. The Kier molecular flexibility index (Phi) is 5.15. The Hall–Kier alpha value is -3.29. The minimum atomic E-state index is -1.91. The Morgan fingerprint density at radius 3 is 2.44 bits per heavy atom. The smallest absolute Gasteiger partial charge is 0.342 e. The van der Waals surface area contributed by atoms with Gasteiger partial charge >= 0.3 is 5.97 Å². The van der Waals surface area contributed by atoms with Crippen LogP contribution in [0.5, 0.6) is 17.2 Å². The van der Waals surface area contributed by atoms with Gasteiger partial charge in [-0.05, 0) is 59.7 Å². The highest BCUT2D eigenvalue weighted by molar-refractivity contribution is 9.10. The van der Waals surface area contributed by atoms with E-state index >= 15 is 0 Å². The van der Waals surface area contributed by atoms with Gasteiger partial charge in [0.25, 0.3) is 5.79 Å². The largest absolute Gasteiger partial charge is 0.497 e. The maximum absolute atomic E-state index is 13.1. The van der Waals surface area contributed by atoms with Crippen LogP contribution < -0.4 is 14.2 Å². The highest BCUT2D eigenvalue weighted by atomic mass is 79.9. The lowest BCUT2D eigenvalue weighted by Gasteiger charge is -2.26. The van der Waals surface area contributed by atoms with E-state index in [0.717, 1.165) is 10.0 Å². The van der Waals surface area contributed by atoms with E-state index in [9.17, 15) is 9.90 Å². The molecule has 0 aliphatic carbocycles. The number of methoxy groups -OCH3 is 1. The van der Waals surface area contributed by atoms with Crippen LogP contribution in [-0.4, -0.2) is 25.0 Å². The minimum absolute atomic E-state index is 0.129. The molecule has 162 valence electrons. The van der Waals surface area contributed by atoms with Gasteiger partial charge in [0.2, 0.25) is 6.79 Å². The van der Waals surface area contributed by atoms with Crippen molar-refractivity contribution in [3.63, 3.8) is 0 Å². The number of esters is 1. The number of carbonyl (C=O) groups excluding carboxylic acids is 1. The number of hydrogen-bond donors (Lipinski definition) is 1. The number of cyclic esters (lactones) is 1. The number of ether oxygens (including phenoxy) is 4.